The molecule has 0 aliphatic carbocycles. The zero-order valence-corrected chi connectivity index (χ0v) is 11.1. The van der Waals surface area contributed by atoms with Crippen LogP contribution in [0, 0.1) is 34.1 Å². The molecule has 0 aliphatic rings. The number of benzene rings is 1. The summed E-state index contributed by atoms with van der Waals surface area (Å²) < 4.78 is 24.2. The second kappa shape index (κ2) is 4.80. The lowest BCUT2D eigenvalue weighted by Crippen LogP contribution is -2.14. The van der Waals surface area contributed by atoms with Gasteiger partial charge in [0.25, 0.3) is 0 Å². The van der Waals surface area contributed by atoms with Crippen molar-refractivity contribution < 1.29 is 18.3 Å². The molecule has 1 N–H and O–H groups in total. The number of rotatable bonds is 4. The first kappa shape index (κ1) is 14.8. The number of nitro benzene ring substituents is 2. The summed E-state index contributed by atoms with van der Waals surface area (Å²) >= 11 is 0. The van der Waals surface area contributed by atoms with Gasteiger partial charge in [-0.25, -0.2) is 8.42 Å². The monoisotopic (exact) mass is 289 g/mol. The highest BCUT2D eigenvalue weighted by Crippen LogP contribution is 2.39. The van der Waals surface area contributed by atoms with Gasteiger partial charge in [0.15, 0.2) is 0 Å². The number of aryl methyl sites for hydroxylation is 1. The molecule has 104 valence electrons. The highest BCUT2D eigenvalue weighted by atomic mass is 32.2. The van der Waals surface area contributed by atoms with Crippen molar-refractivity contribution >= 4 is 27.1 Å². The Balaban J connectivity index is 3.76. The van der Waals surface area contributed by atoms with E-state index >= 15 is 0 Å². The molecule has 1 rings (SSSR count). The normalized spacial score (nSPS) is 11.1. The Morgan fingerprint density at radius 2 is 1.68 bits per heavy atom. The van der Waals surface area contributed by atoms with Crippen molar-refractivity contribution in [2.24, 2.45) is 0 Å². The molecule has 0 aromatic heterocycles. The lowest BCUT2D eigenvalue weighted by molar-refractivity contribution is -0.392. The summed E-state index contributed by atoms with van der Waals surface area (Å²) in [6, 6.07) is 1.09. The molecular weight excluding hydrogens is 278 g/mol. The van der Waals surface area contributed by atoms with Gasteiger partial charge >= 0.3 is 11.4 Å². The average molecular weight is 289 g/mol. The fraction of sp³-hybridized carbons (Fsp3) is 0.333. The van der Waals surface area contributed by atoms with Crippen LogP contribution in [-0.2, 0) is 10.0 Å². The number of anilines is 1. The number of hydrogen-bond acceptors (Lipinski definition) is 6. The molecule has 0 radical (unpaired) electrons. The van der Waals surface area contributed by atoms with Crippen molar-refractivity contribution in [2.75, 3.05) is 11.0 Å². The molecule has 1 aromatic rings. The maximum atomic E-state index is 11.2. The highest BCUT2D eigenvalue weighted by molar-refractivity contribution is 7.92. The minimum atomic E-state index is -3.88. The fourth-order valence-corrected chi connectivity index (χ4v) is 2.11. The molecular formula is C9H11N3O6S. The van der Waals surface area contributed by atoms with Crippen molar-refractivity contribution in [3.8, 4) is 0 Å². The van der Waals surface area contributed by atoms with E-state index in [0.717, 1.165) is 12.3 Å². The number of nitrogens with one attached hydrogen (secondary N) is 1. The van der Waals surface area contributed by atoms with Gasteiger partial charge in [-0.3, -0.25) is 25.0 Å². The number of hydrogen-bond donors (Lipinski definition) is 1. The van der Waals surface area contributed by atoms with Crippen molar-refractivity contribution in [1.82, 2.24) is 0 Å². The molecule has 0 unspecified atom stereocenters. The second-order valence-electron chi connectivity index (χ2n) is 3.95. The predicted octanol–water partition coefficient (Wildman–Crippen LogP) is 1.49. The lowest BCUT2D eigenvalue weighted by Gasteiger charge is -2.09. The SMILES string of the molecule is Cc1cc([N+](=O)[O-])c(NS(C)(=O)=O)c([N+](=O)[O-])c1C. The Hall–Kier alpha value is -2.23. The van der Waals surface area contributed by atoms with Crippen LogP contribution in [0.25, 0.3) is 0 Å². The molecule has 0 heterocycles. The van der Waals surface area contributed by atoms with Gasteiger partial charge in [-0.2, -0.15) is 0 Å². The van der Waals surface area contributed by atoms with Crippen LogP contribution in [0.5, 0.6) is 0 Å². The van der Waals surface area contributed by atoms with Gasteiger partial charge in [0, 0.05) is 11.6 Å². The van der Waals surface area contributed by atoms with Crippen LogP contribution in [0.2, 0.25) is 0 Å². The average Bonchev–Trinajstić information content (AvgIpc) is 2.20. The van der Waals surface area contributed by atoms with E-state index in [-0.39, 0.29) is 5.56 Å². The third-order valence-corrected chi connectivity index (χ3v) is 3.03. The Morgan fingerprint density at radius 1 is 1.16 bits per heavy atom. The topological polar surface area (TPSA) is 132 Å². The van der Waals surface area contributed by atoms with E-state index in [1.54, 1.807) is 0 Å². The smallest absolute Gasteiger partial charge is 0.272 e. The van der Waals surface area contributed by atoms with Crippen LogP contribution < -0.4 is 4.72 Å². The quantitative estimate of drug-likeness (QED) is 0.659. The first-order valence-electron chi connectivity index (χ1n) is 4.95. The van der Waals surface area contributed by atoms with Crippen LogP contribution >= 0.6 is 0 Å². The van der Waals surface area contributed by atoms with E-state index in [0.29, 0.717) is 5.56 Å². The summed E-state index contributed by atoms with van der Waals surface area (Å²) in [7, 11) is -3.88. The molecule has 9 nitrogen and oxygen atoms in total. The number of nitro groups is 2. The van der Waals surface area contributed by atoms with Crippen LogP contribution in [0.1, 0.15) is 11.1 Å². The van der Waals surface area contributed by atoms with E-state index in [2.05, 4.69) is 0 Å². The Labute approximate surface area is 108 Å². The molecule has 0 bridgehead atoms. The molecule has 1 aromatic carbocycles. The summed E-state index contributed by atoms with van der Waals surface area (Å²) in [5.41, 5.74) is -1.39. The summed E-state index contributed by atoms with van der Waals surface area (Å²) in [5, 5.41) is 21.9. The molecule has 0 spiro atoms. The Morgan fingerprint density at radius 3 is 2.05 bits per heavy atom. The first-order chi connectivity index (χ1) is 8.54. The zero-order chi connectivity index (χ0) is 15.0. The molecule has 19 heavy (non-hydrogen) atoms. The van der Waals surface area contributed by atoms with Crippen molar-refractivity contribution in [1.29, 1.82) is 0 Å². The Kier molecular flexibility index (Phi) is 3.75. The minimum Gasteiger partial charge on any atom is -0.272 e. The lowest BCUT2D eigenvalue weighted by atomic mass is 10.1. The van der Waals surface area contributed by atoms with Crippen LogP contribution in [-0.4, -0.2) is 24.5 Å². The van der Waals surface area contributed by atoms with Gasteiger partial charge in [0.1, 0.15) is 0 Å². The summed E-state index contributed by atoms with van der Waals surface area (Å²) in [4.78, 5) is 20.2. The molecule has 0 amide bonds. The predicted molar refractivity (Wildman–Crippen MR) is 67.7 cm³/mol. The van der Waals surface area contributed by atoms with Gasteiger partial charge in [-0.1, -0.05) is 0 Å². The number of nitrogens with zero attached hydrogens (tertiary/aromatic N) is 2. The standard InChI is InChI=1S/C9H11N3O6S/c1-5-4-7(11(13)14)8(10-19(3,17)18)9(6(5)2)12(15)16/h4,10H,1-3H3. The summed E-state index contributed by atoms with van der Waals surface area (Å²) in [6.07, 6.45) is 0.760. The summed E-state index contributed by atoms with van der Waals surface area (Å²) in [6.45, 7) is 2.87. The zero-order valence-electron chi connectivity index (χ0n) is 10.3. The van der Waals surface area contributed by atoms with Gasteiger partial charge in [-0.15, -0.1) is 0 Å². The van der Waals surface area contributed by atoms with Gasteiger partial charge in [0.05, 0.1) is 16.1 Å². The highest BCUT2D eigenvalue weighted by Gasteiger charge is 2.31. The van der Waals surface area contributed by atoms with Crippen molar-refractivity contribution in [2.45, 2.75) is 13.8 Å². The molecule has 0 atom stereocenters. The third-order valence-electron chi connectivity index (χ3n) is 2.46. The van der Waals surface area contributed by atoms with E-state index in [4.69, 9.17) is 0 Å². The summed E-state index contributed by atoms with van der Waals surface area (Å²) in [5.74, 6) is 0. The molecule has 0 aliphatic heterocycles. The first-order valence-corrected chi connectivity index (χ1v) is 6.84. The van der Waals surface area contributed by atoms with E-state index in [1.165, 1.54) is 13.8 Å². The third kappa shape index (κ3) is 3.16. The fourth-order valence-electron chi connectivity index (χ4n) is 1.54. The van der Waals surface area contributed by atoms with Crippen LogP contribution in [0.4, 0.5) is 17.1 Å². The van der Waals surface area contributed by atoms with Crippen molar-refractivity contribution in [3.05, 3.63) is 37.4 Å². The maximum Gasteiger partial charge on any atom is 0.303 e. The van der Waals surface area contributed by atoms with E-state index in [1.807, 2.05) is 4.72 Å². The van der Waals surface area contributed by atoms with Crippen LogP contribution in [0.3, 0.4) is 0 Å². The largest absolute Gasteiger partial charge is 0.303 e. The molecule has 0 fully saturated rings. The number of sulfonamides is 1. The van der Waals surface area contributed by atoms with Gasteiger partial charge in [-0.05, 0) is 19.4 Å². The van der Waals surface area contributed by atoms with Gasteiger partial charge in [0.2, 0.25) is 15.7 Å². The second-order valence-corrected chi connectivity index (χ2v) is 5.70. The van der Waals surface area contributed by atoms with Crippen molar-refractivity contribution in [3.63, 3.8) is 0 Å². The molecule has 0 saturated heterocycles. The molecule has 0 saturated carbocycles. The van der Waals surface area contributed by atoms with E-state index in [9.17, 15) is 28.6 Å². The maximum absolute atomic E-state index is 11.2. The van der Waals surface area contributed by atoms with Gasteiger partial charge < -0.3 is 0 Å². The molecule has 10 heteroatoms. The van der Waals surface area contributed by atoms with Crippen LogP contribution in [0.15, 0.2) is 6.07 Å². The minimum absolute atomic E-state index is 0.168. The van der Waals surface area contributed by atoms with E-state index < -0.39 is 36.9 Å². The Bertz CT molecular complexity index is 667.